The number of piperazine rings is 1. The minimum atomic E-state index is -5.19. The number of hydrogen-bond donors (Lipinski definition) is 2. The Morgan fingerprint density at radius 1 is 0.914 bits per heavy atom. The quantitative estimate of drug-likeness (QED) is 0.124. The number of ether oxygens (including phenoxy) is 1. The van der Waals surface area contributed by atoms with E-state index >= 15 is 0 Å². The average molecular weight is 803 g/mol. The highest BCUT2D eigenvalue weighted by molar-refractivity contribution is 5.93. The van der Waals surface area contributed by atoms with Crippen LogP contribution in [0.4, 0.5) is 22.0 Å². The number of alkyl halides is 3. The molecular formula is C40H35F5N8O5. The highest BCUT2D eigenvalue weighted by Crippen LogP contribution is 2.32. The Hall–Kier alpha value is -6.27. The molecule has 58 heavy (non-hydrogen) atoms. The van der Waals surface area contributed by atoms with Gasteiger partial charge in [0, 0.05) is 57.2 Å². The van der Waals surface area contributed by atoms with E-state index in [4.69, 9.17) is 0 Å². The Labute approximate surface area is 325 Å². The third kappa shape index (κ3) is 7.84. The van der Waals surface area contributed by atoms with Gasteiger partial charge in [0.05, 0.1) is 17.3 Å². The molecule has 300 valence electrons. The number of halogens is 5. The number of nitrogens with zero attached hydrogens (tertiary/aromatic N) is 6. The maximum absolute atomic E-state index is 14.7. The summed E-state index contributed by atoms with van der Waals surface area (Å²) in [5.41, 5.74) is 1.00. The molecule has 5 heterocycles. The summed E-state index contributed by atoms with van der Waals surface area (Å²) in [5.74, 6) is -4.34. The minimum absolute atomic E-state index is 0.0754. The fourth-order valence-electron chi connectivity index (χ4n) is 7.68. The van der Waals surface area contributed by atoms with Crippen molar-refractivity contribution < 1.29 is 36.3 Å². The zero-order chi connectivity index (χ0) is 40.7. The molecule has 0 spiro atoms. The molecule has 18 heteroatoms. The molecule has 0 unspecified atom stereocenters. The van der Waals surface area contributed by atoms with Gasteiger partial charge in [-0.05, 0) is 84.8 Å². The van der Waals surface area contributed by atoms with Crippen LogP contribution in [0.15, 0.2) is 88.8 Å². The molecule has 2 fully saturated rings. The molecule has 2 aliphatic rings. The zero-order valence-corrected chi connectivity index (χ0v) is 30.6. The van der Waals surface area contributed by atoms with Gasteiger partial charge in [-0.15, -0.1) is 0 Å². The van der Waals surface area contributed by atoms with E-state index < -0.39 is 47.0 Å². The van der Waals surface area contributed by atoms with Gasteiger partial charge in [0.25, 0.3) is 11.5 Å². The Kier molecular flexibility index (Phi) is 10.4. The Bertz CT molecular complexity index is 2680. The second-order valence-corrected chi connectivity index (χ2v) is 14.3. The van der Waals surface area contributed by atoms with E-state index in [1.54, 1.807) is 24.3 Å². The van der Waals surface area contributed by atoms with Crippen LogP contribution >= 0.6 is 0 Å². The molecule has 1 amide bonds. The average Bonchev–Trinajstić information content (AvgIpc) is 3.63. The minimum Gasteiger partial charge on any atom is -0.420 e. The fraction of sp³-hybridized carbons (Fsp3) is 0.300. The molecule has 2 N–H and O–H groups in total. The van der Waals surface area contributed by atoms with Crippen molar-refractivity contribution in [3.8, 4) is 22.6 Å². The number of carbonyl (C=O) groups is 2. The summed E-state index contributed by atoms with van der Waals surface area (Å²) in [5, 5.41) is 6.06. The molecule has 1 saturated carbocycles. The van der Waals surface area contributed by atoms with Gasteiger partial charge in [0.2, 0.25) is 0 Å². The lowest BCUT2D eigenvalue weighted by Crippen LogP contribution is -2.45. The summed E-state index contributed by atoms with van der Waals surface area (Å²) in [4.78, 5) is 63.7. The number of imidazole rings is 1. The standard InChI is InChI=1S/C40H35F5N8O5/c41-25-4-11-34-49-33(22-51(34)21-25)36(54)48-27-5-7-28(8-6-27)53-37(55)32-18-26(42)19-47-35(32)52(39(53)57)29-3-1-2-23(16-29)31-10-9-30(58-38(56)40(43,44)45)17-24(31)20-50-14-12-46-13-15-50/h1-4,9-11,16-19,21-22,27-28,46H,5-8,12-15,20H2,(H,48,54). The molecular weight excluding hydrogens is 767 g/mol. The first kappa shape index (κ1) is 38.6. The zero-order valence-electron chi connectivity index (χ0n) is 30.6. The predicted octanol–water partition coefficient (Wildman–Crippen LogP) is 4.93. The monoisotopic (exact) mass is 802 g/mol. The van der Waals surface area contributed by atoms with Crippen LogP contribution in [0.1, 0.15) is 47.8 Å². The summed E-state index contributed by atoms with van der Waals surface area (Å²) in [6, 6.07) is 13.7. The highest BCUT2D eigenvalue weighted by atomic mass is 19.4. The van der Waals surface area contributed by atoms with E-state index in [9.17, 15) is 41.1 Å². The molecule has 2 aromatic carbocycles. The molecule has 0 bridgehead atoms. The van der Waals surface area contributed by atoms with Crippen LogP contribution in [0.5, 0.6) is 5.75 Å². The van der Waals surface area contributed by atoms with Crippen LogP contribution in [0.3, 0.4) is 0 Å². The number of benzene rings is 2. The van der Waals surface area contributed by atoms with Crippen molar-refractivity contribution in [2.24, 2.45) is 0 Å². The van der Waals surface area contributed by atoms with Crippen LogP contribution in [0.25, 0.3) is 33.5 Å². The van der Waals surface area contributed by atoms with Crippen molar-refractivity contribution in [3.05, 3.63) is 123 Å². The molecule has 1 saturated heterocycles. The fourth-order valence-corrected chi connectivity index (χ4v) is 7.68. The van der Waals surface area contributed by atoms with Crippen LogP contribution in [-0.4, -0.2) is 78.7 Å². The van der Waals surface area contributed by atoms with E-state index in [0.717, 1.165) is 16.8 Å². The van der Waals surface area contributed by atoms with Crippen molar-refractivity contribution in [3.63, 3.8) is 0 Å². The molecule has 13 nitrogen and oxygen atoms in total. The highest BCUT2D eigenvalue weighted by Gasteiger charge is 2.41. The SMILES string of the molecule is O=C(NC1CCC(n2c(=O)c3cc(F)cnc3n(-c3cccc(-c4ccc(OC(=O)C(F)(F)F)cc4CN4CCNCC4)c3)c2=O)CC1)c1cn2cc(F)ccc2n1. The number of esters is 1. The van der Waals surface area contributed by atoms with Gasteiger partial charge in [-0.25, -0.2) is 32.9 Å². The third-order valence-corrected chi connectivity index (χ3v) is 10.5. The number of carbonyl (C=O) groups excluding carboxylic acids is 2. The molecule has 0 atom stereocenters. The van der Waals surface area contributed by atoms with E-state index in [1.807, 2.05) is 0 Å². The van der Waals surface area contributed by atoms with Crippen LogP contribution in [-0.2, 0) is 11.3 Å². The summed E-state index contributed by atoms with van der Waals surface area (Å²) in [6.45, 7) is 3.05. The van der Waals surface area contributed by atoms with Crippen molar-refractivity contribution >= 4 is 28.6 Å². The maximum Gasteiger partial charge on any atom is 0.491 e. The first-order valence-corrected chi connectivity index (χ1v) is 18.6. The largest absolute Gasteiger partial charge is 0.491 e. The molecule has 6 aromatic rings. The van der Waals surface area contributed by atoms with Crippen molar-refractivity contribution in [1.82, 2.24) is 39.0 Å². The first-order chi connectivity index (χ1) is 27.8. The molecule has 8 rings (SSSR count). The van der Waals surface area contributed by atoms with E-state index in [-0.39, 0.29) is 34.2 Å². The second-order valence-electron chi connectivity index (χ2n) is 14.3. The van der Waals surface area contributed by atoms with Gasteiger partial charge in [0.1, 0.15) is 28.7 Å². The molecule has 4 aromatic heterocycles. The van der Waals surface area contributed by atoms with Crippen molar-refractivity contribution in [2.75, 3.05) is 26.2 Å². The summed E-state index contributed by atoms with van der Waals surface area (Å²) in [7, 11) is 0. The molecule has 1 aliphatic carbocycles. The first-order valence-electron chi connectivity index (χ1n) is 18.6. The van der Waals surface area contributed by atoms with Gasteiger partial charge >= 0.3 is 17.8 Å². The topological polar surface area (TPSA) is 145 Å². The lowest BCUT2D eigenvalue weighted by Gasteiger charge is -2.30. The van der Waals surface area contributed by atoms with Crippen molar-refractivity contribution in [1.29, 1.82) is 0 Å². The number of pyridine rings is 2. The lowest BCUT2D eigenvalue weighted by atomic mass is 9.90. The number of rotatable bonds is 8. The van der Waals surface area contributed by atoms with Gasteiger partial charge in [-0.3, -0.25) is 19.1 Å². The smallest absolute Gasteiger partial charge is 0.420 e. The van der Waals surface area contributed by atoms with E-state index in [0.29, 0.717) is 80.7 Å². The number of aromatic nitrogens is 5. The van der Waals surface area contributed by atoms with E-state index in [2.05, 4.69) is 30.2 Å². The maximum atomic E-state index is 14.7. The van der Waals surface area contributed by atoms with Gasteiger partial charge in [-0.2, -0.15) is 13.2 Å². The van der Waals surface area contributed by atoms with Crippen LogP contribution in [0.2, 0.25) is 0 Å². The summed E-state index contributed by atoms with van der Waals surface area (Å²) in [6.07, 6.45) is -0.180. The van der Waals surface area contributed by atoms with Crippen molar-refractivity contribution in [2.45, 2.75) is 50.5 Å². The predicted molar refractivity (Wildman–Crippen MR) is 201 cm³/mol. The normalized spacial score (nSPS) is 17.7. The number of nitrogens with one attached hydrogen (secondary N) is 2. The van der Waals surface area contributed by atoms with Crippen LogP contribution < -0.4 is 26.6 Å². The second kappa shape index (κ2) is 15.6. The Morgan fingerprint density at radius 3 is 2.45 bits per heavy atom. The number of amides is 1. The van der Waals surface area contributed by atoms with E-state index in [1.165, 1.54) is 51.7 Å². The number of hydrogen-bond acceptors (Lipinski definition) is 9. The molecule has 1 aliphatic heterocycles. The Balaban J connectivity index is 1.11. The third-order valence-electron chi connectivity index (χ3n) is 10.5. The summed E-state index contributed by atoms with van der Waals surface area (Å²) < 4.78 is 75.9. The lowest BCUT2D eigenvalue weighted by molar-refractivity contribution is -0.189. The number of fused-ring (bicyclic) bond motifs is 2. The van der Waals surface area contributed by atoms with Gasteiger partial charge in [-0.1, -0.05) is 18.2 Å². The molecule has 0 radical (unpaired) electrons. The summed E-state index contributed by atoms with van der Waals surface area (Å²) >= 11 is 0. The van der Waals surface area contributed by atoms with Gasteiger partial charge < -0.3 is 19.8 Å². The van der Waals surface area contributed by atoms with Gasteiger partial charge in [0.15, 0.2) is 5.65 Å². The van der Waals surface area contributed by atoms with Crippen LogP contribution in [0, 0.1) is 11.6 Å². The Morgan fingerprint density at radius 2 is 1.69 bits per heavy atom.